The topological polar surface area (TPSA) is 26.0 Å². The molecule has 0 saturated heterocycles. The van der Waals surface area contributed by atoms with Gasteiger partial charge in [0.2, 0.25) is 0 Å². The van der Waals surface area contributed by atoms with E-state index in [4.69, 9.17) is 5.73 Å². The fourth-order valence-corrected chi connectivity index (χ4v) is 2.95. The monoisotopic (exact) mass is 203 g/mol. The number of hydrogen-bond acceptors (Lipinski definition) is 1. The molecule has 0 heterocycles. The summed E-state index contributed by atoms with van der Waals surface area (Å²) in [4.78, 5) is 0. The van der Waals surface area contributed by atoms with Gasteiger partial charge >= 0.3 is 0 Å². The van der Waals surface area contributed by atoms with E-state index >= 15 is 0 Å². The third-order valence-electron chi connectivity index (χ3n) is 3.77. The molecule has 0 spiro atoms. The Morgan fingerprint density at radius 2 is 2.00 bits per heavy atom. The Hall–Kier alpha value is -0.980. The predicted molar refractivity (Wildman–Crippen MR) is 65.8 cm³/mol. The molecule has 1 heteroatoms. The van der Waals surface area contributed by atoms with Crippen LogP contribution in [-0.4, -0.2) is 0 Å². The Morgan fingerprint density at radius 3 is 2.67 bits per heavy atom. The molecule has 0 amide bonds. The van der Waals surface area contributed by atoms with Crippen LogP contribution in [0.15, 0.2) is 24.3 Å². The summed E-state index contributed by atoms with van der Waals surface area (Å²) in [5.41, 5.74) is 8.18. The van der Waals surface area contributed by atoms with Crippen molar-refractivity contribution in [2.75, 3.05) is 5.73 Å². The van der Waals surface area contributed by atoms with Crippen molar-refractivity contribution in [2.24, 2.45) is 11.8 Å². The van der Waals surface area contributed by atoms with Crippen molar-refractivity contribution >= 4 is 5.69 Å². The van der Waals surface area contributed by atoms with Crippen LogP contribution in [0.2, 0.25) is 0 Å². The van der Waals surface area contributed by atoms with Crippen LogP contribution in [0.3, 0.4) is 0 Å². The van der Waals surface area contributed by atoms with E-state index in [-0.39, 0.29) is 0 Å². The maximum atomic E-state index is 5.84. The largest absolute Gasteiger partial charge is 0.399 e. The Kier molecular flexibility index (Phi) is 2.99. The predicted octanol–water partition coefficient (Wildman–Crippen LogP) is 3.81. The van der Waals surface area contributed by atoms with Gasteiger partial charge in [-0.1, -0.05) is 32.4 Å². The van der Waals surface area contributed by atoms with Gasteiger partial charge in [-0.15, -0.1) is 0 Å². The number of rotatable bonds is 1. The molecule has 82 valence electrons. The van der Waals surface area contributed by atoms with Crippen LogP contribution in [-0.2, 0) is 0 Å². The number of nitrogens with two attached hydrogens (primary N) is 1. The number of hydrogen-bond donors (Lipinski definition) is 1. The first-order valence-corrected chi connectivity index (χ1v) is 6.02. The molecule has 1 aromatic rings. The Bertz CT molecular complexity index is 332. The molecule has 0 bridgehead atoms. The average Bonchev–Trinajstić information content (AvgIpc) is 2.17. The molecule has 1 nitrogen and oxygen atoms in total. The molecule has 3 atom stereocenters. The number of anilines is 1. The molecule has 2 rings (SSSR count). The molecule has 1 saturated carbocycles. The lowest BCUT2D eigenvalue weighted by molar-refractivity contribution is 0.262. The van der Waals surface area contributed by atoms with Gasteiger partial charge in [-0.05, 0) is 48.3 Å². The molecule has 1 aliphatic carbocycles. The molecule has 1 aliphatic rings. The van der Waals surface area contributed by atoms with E-state index in [9.17, 15) is 0 Å². The van der Waals surface area contributed by atoms with Crippen LogP contribution in [0.5, 0.6) is 0 Å². The summed E-state index contributed by atoms with van der Waals surface area (Å²) in [5.74, 6) is 2.43. The fourth-order valence-electron chi connectivity index (χ4n) is 2.95. The van der Waals surface area contributed by atoms with Crippen LogP contribution in [0.25, 0.3) is 0 Å². The van der Waals surface area contributed by atoms with E-state index in [0.29, 0.717) is 0 Å². The highest BCUT2D eigenvalue weighted by Gasteiger charge is 2.26. The Balaban J connectivity index is 2.17. The second-order valence-corrected chi connectivity index (χ2v) is 5.17. The van der Waals surface area contributed by atoms with E-state index in [1.54, 1.807) is 0 Å². The second-order valence-electron chi connectivity index (χ2n) is 5.17. The molecule has 1 fully saturated rings. The van der Waals surface area contributed by atoms with Crippen molar-refractivity contribution < 1.29 is 0 Å². The van der Waals surface area contributed by atoms with Crippen molar-refractivity contribution in [3.63, 3.8) is 0 Å². The minimum Gasteiger partial charge on any atom is -0.399 e. The zero-order valence-corrected chi connectivity index (χ0v) is 9.74. The summed E-state index contributed by atoms with van der Waals surface area (Å²) in [6.07, 6.45) is 4.05. The highest BCUT2D eigenvalue weighted by molar-refractivity contribution is 5.42. The molecule has 0 aliphatic heterocycles. The standard InChI is InChI=1S/C14H21N/c1-10-6-7-14(11(2)8-10)12-4-3-5-13(15)9-12/h3-5,9-11,14H,6-8,15H2,1-2H3/t10-,11-,14+/m1/s1. The van der Waals surface area contributed by atoms with Gasteiger partial charge in [-0.3, -0.25) is 0 Å². The quantitative estimate of drug-likeness (QED) is 0.690. The van der Waals surface area contributed by atoms with Crippen LogP contribution < -0.4 is 5.73 Å². The van der Waals surface area contributed by atoms with Crippen molar-refractivity contribution in [3.05, 3.63) is 29.8 Å². The first kappa shape index (κ1) is 10.5. The molecule has 15 heavy (non-hydrogen) atoms. The maximum Gasteiger partial charge on any atom is 0.0316 e. The van der Waals surface area contributed by atoms with Crippen LogP contribution >= 0.6 is 0 Å². The van der Waals surface area contributed by atoms with Crippen LogP contribution in [0, 0.1) is 11.8 Å². The van der Waals surface area contributed by atoms with Gasteiger partial charge in [0.05, 0.1) is 0 Å². The first-order chi connectivity index (χ1) is 7.16. The second kappa shape index (κ2) is 4.26. The lowest BCUT2D eigenvalue weighted by atomic mass is 9.72. The summed E-state index contributed by atoms with van der Waals surface area (Å²) in [6, 6.07) is 8.43. The molecule has 2 N–H and O–H groups in total. The minimum atomic E-state index is 0.727. The highest BCUT2D eigenvalue weighted by Crippen LogP contribution is 2.40. The molecular weight excluding hydrogens is 182 g/mol. The summed E-state index contributed by atoms with van der Waals surface area (Å²) in [5, 5.41) is 0. The van der Waals surface area contributed by atoms with Crippen molar-refractivity contribution in [3.8, 4) is 0 Å². The van der Waals surface area contributed by atoms with Gasteiger partial charge in [0.1, 0.15) is 0 Å². The Labute approximate surface area is 92.7 Å². The number of nitrogen functional groups attached to an aromatic ring is 1. The van der Waals surface area contributed by atoms with Gasteiger partial charge < -0.3 is 5.73 Å². The fraction of sp³-hybridized carbons (Fsp3) is 0.571. The molecule has 0 unspecified atom stereocenters. The first-order valence-electron chi connectivity index (χ1n) is 6.02. The van der Waals surface area contributed by atoms with Crippen LogP contribution in [0.1, 0.15) is 44.6 Å². The van der Waals surface area contributed by atoms with Crippen molar-refractivity contribution in [1.29, 1.82) is 0 Å². The third kappa shape index (κ3) is 2.34. The van der Waals surface area contributed by atoms with Gasteiger partial charge in [0, 0.05) is 5.69 Å². The SMILES string of the molecule is C[C@@H]1CC[C@H](c2cccc(N)c2)[C@H](C)C1. The molecule has 1 aromatic carbocycles. The molecule has 0 aromatic heterocycles. The van der Waals surface area contributed by atoms with Gasteiger partial charge in [0.25, 0.3) is 0 Å². The van der Waals surface area contributed by atoms with Crippen molar-refractivity contribution in [1.82, 2.24) is 0 Å². The molecular formula is C14H21N. The van der Waals surface area contributed by atoms with Crippen LogP contribution in [0.4, 0.5) is 5.69 Å². The summed E-state index contributed by atoms with van der Waals surface area (Å²) < 4.78 is 0. The normalized spacial score (nSPS) is 31.5. The van der Waals surface area contributed by atoms with Crippen molar-refractivity contribution in [2.45, 2.75) is 39.0 Å². The lowest BCUT2D eigenvalue weighted by Gasteiger charge is -2.33. The lowest BCUT2D eigenvalue weighted by Crippen LogP contribution is -2.19. The zero-order valence-electron chi connectivity index (χ0n) is 9.74. The number of benzene rings is 1. The van der Waals surface area contributed by atoms with Gasteiger partial charge in [0.15, 0.2) is 0 Å². The van der Waals surface area contributed by atoms with E-state index in [0.717, 1.165) is 23.4 Å². The highest BCUT2D eigenvalue weighted by atomic mass is 14.5. The van der Waals surface area contributed by atoms with E-state index in [2.05, 4.69) is 32.0 Å². The summed E-state index contributed by atoms with van der Waals surface area (Å²) in [6.45, 7) is 4.75. The third-order valence-corrected chi connectivity index (χ3v) is 3.77. The van der Waals surface area contributed by atoms with E-state index in [1.807, 2.05) is 6.07 Å². The van der Waals surface area contributed by atoms with E-state index < -0.39 is 0 Å². The molecule has 0 radical (unpaired) electrons. The minimum absolute atomic E-state index is 0.727. The van der Waals surface area contributed by atoms with Gasteiger partial charge in [-0.2, -0.15) is 0 Å². The average molecular weight is 203 g/mol. The smallest absolute Gasteiger partial charge is 0.0316 e. The maximum absolute atomic E-state index is 5.84. The zero-order chi connectivity index (χ0) is 10.8. The van der Waals surface area contributed by atoms with Gasteiger partial charge in [-0.25, -0.2) is 0 Å². The Morgan fingerprint density at radius 1 is 1.20 bits per heavy atom. The summed E-state index contributed by atoms with van der Waals surface area (Å²) in [7, 11) is 0. The summed E-state index contributed by atoms with van der Waals surface area (Å²) >= 11 is 0. The van der Waals surface area contributed by atoms with E-state index in [1.165, 1.54) is 24.8 Å².